The first-order valence-electron chi connectivity index (χ1n) is 9.27. The molecular formula is C22H25FO4S. The Morgan fingerprint density at radius 2 is 1.89 bits per heavy atom. The van der Waals surface area contributed by atoms with E-state index in [0.29, 0.717) is 24.8 Å². The molecule has 3 N–H and O–H groups in total. The molecule has 3 aromatic rings. The van der Waals surface area contributed by atoms with Crippen molar-refractivity contribution in [3.8, 4) is 0 Å². The molecule has 1 aliphatic heterocycles. The van der Waals surface area contributed by atoms with E-state index in [-0.39, 0.29) is 24.6 Å². The second-order valence-corrected chi connectivity index (χ2v) is 8.00. The molecule has 0 unspecified atom stereocenters. The van der Waals surface area contributed by atoms with Crippen LogP contribution in [0.4, 0.5) is 4.39 Å². The number of ether oxygens (including phenoxy) is 1. The first kappa shape index (κ1) is 20.9. The van der Waals surface area contributed by atoms with Gasteiger partial charge in [0.25, 0.3) is 0 Å². The Balaban J connectivity index is 0.00000109. The highest BCUT2D eigenvalue weighted by Crippen LogP contribution is 2.33. The number of hydrogen-bond donors (Lipinski definition) is 3. The first-order chi connectivity index (χ1) is 13.6. The summed E-state index contributed by atoms with van der Waals surface area (Å²) in [5, 5.41) is 27.5. The van der Waals surface area contributed by atoms with Gasteiger partial charge in [-0.3, -0.25) is 0 Å². The highest BCUT2D eigenvalue weighted by atomic mass is 32.1. The minimum absolute atomic E-state index is 0.122. The van der Waals surface area contributed by atoms with Crippen molar-refractivity contribution < 1.29 is 24.4 Å². The van der Waals surface area contributed by atoms with Gasteiger partial charge >= 0.3 is 0 Å². The van der Waals surface area contributed by atoms with Crippen LogP contribution in [0.1, 0.15) is 34.9 Å². The summed E-state index contributed by atoms with van der Waals surface area (Å²) in [7, 11) is 1.00. The van der Waals surface area contributed by atoms with Gasteiger partial charge in [-0.15, -0.1) is 11.3 Å². The molecule has 0 amide bonds. The molecule has 2 heterocycles. The molecular weight excluding hydrogens is 379 g/mol. The maximum absolute atomic E-state index is 14.4. The fourth-order valence-electron chi connectivity index (χ4n) is 3.56. The third-order valence-electron chi connectivity index (χ3n) is 4.86. The predicted molar refractivity (Wildman–Crippen MR) is 109 cm³/mol. The number of benzene rings is 2. The van der Waals surface area contributed by atoms with E-state index >= 15 is 0 Å². The molecule has 0 bridgehead atoms. The average Bonchev–Trinajstić information content (AvgIpc) is 3.13. The van der Waals surface area contributed by atoms with E-state index in [0.717, 1.165) is 17.6 Å². The van der Waals surface area contributed by atoms with Gasteiger partial charge in [-0.1, -0.05) is 24.3 Å². The molecule has 0 radical (unpaired) electrons. The number of hydrogen-bond acceptors (Lipinski definition) is 5. The quantitative estimate of drug-likeness (QED) is 0.618. The lowest BCUT2D eigenvalue weighted by molar-refractivity contribution is -0.113. The van der Waals surface area contributed by atoms with E-state index in [4.69, 9.17) is 9.84 Å². The van der Waals surface area contributed by atoms with Gasteiger partial charge in [0.15, 0.2) is 0 Å². The molecule has 150 valence electrons. The zero-order chi connectivity index (χ0) is 20.1. The van der Waals surface area contributed by atoms with Crippen molar-refractivity contribution in [1.82, 2.24) is 0 Å². The molecule has 1 aliphatic rings. The Morgan fingerprint density at radius 1 is 1.11 bits per heavy atom. The van der Waals surface area contributed by atoms with Crippen LogP contribution < -0.4 is 0 Å². The van der Waals surface area contributed by atoms with Crippen LogP contribution in [0.2, 0.25) is 0 Å². The maximum Gasteiger partial charge on any atom is 0.126 e. The van der Waals surface area contributed by atoms with Gasteiger partial charge in [0.05, 0.1) is 24.9 Å². The van der Waals surface area contributed by atoms with Gasteiger partial charge in [0.2, 0.25) is 0 Å². The molecule has 0 saturated carbocycles. The van der Waals surface area contributed by atoms with Gasteiger partial charge in [-0.25, -0.2) is 4.39 Å². The third kappa shape index (κ3) is 4.77. The average molecular weight is 405 g/mol. The van der Waals surface area contributed by atoms with Crippen LogP contribution in [0.15, 0.2) is 48.5 Å². The number of fused-ring (bicyclic) bond motifs is 1. The smallest absolute Gasteiger partial charge is 0.126 e. The van der Waals surface area contributed by atoms with Crippen molar-refractivity contribution in [3.63, 3.8) is 0 Å². The van der Waals surface area contributed by atoms with Crippen LogP contribution >= 0.6 is 11.3 Å². The van der Waals surface area contributed by atoms with Crippen LogP contribution in [-0.2, 0) is 11.2 Å². The van der Waals surface area contributed by atoms with Gasteiger partial charge in [0.1, 0.15) is 5.82 Å². The number of rotatable bonds is 4. The number of aliphatic hydroxyl groups excluding tert-OH is 3. The molecule has 0 spiro atoms. The normalized spacial score (nSPS) is 22.0. The highest BCUT2D eigenvalue weighted by molar-refractivity contribution is 7.19. The van der Waals surface area contributed by atoms with Crippen molar-refractivity contribution >= 4 is 21.4 Å². The van der Waals surface area contributed by atoms with Crippen LogP contribution in [0, 0.1) is 5.82 Å². The Labute approximate surface area is 167 Å². The van der Waals surface area contributed by atoms with Gasteiger partial charge in [-0.05, 0) is 40.8 Å². The van der Waals surface area contributed by atoms with E-state index in [2.05, 4.69) is 18.2 Å². The molecule has 0 aliphatic carbocycles. The Morgan fingerprint density at radius 3 is 2.64 bits per heavy atom. The summed E-state index contributed by atoms with van der Waals surface area (Å²) in [6.45, 7) is -0.122. The van der Waals surface area contributed by atoms with Crippen molar-refractivity contribution in [3.05, 3.63) is 70.4 Å². The summed E-state index contributed by atoms with van der Waals surface area (Å²) >= 11 is 1.68. The van der Waals surface area contributed by atoms with E-state index in [1.165, 1.54) is 16.2 Å². The lowest BCUT2D eigenvalue weighted by Crippen LogP contribution is -2.33. The molecule has 28 heavy (non-hydrogen) atoms. The van der Waals surface area contributed by atoms with Crippen molar-refractivity contribution in [2.75, 3.05) is 13.7 Å². The van der Waals surface area contributed by atoms with Crippen LogP contribution in [0.3, 0.4) is 0 Å². The van der Waals surface area contributed by atoms with E-state index in [9.17, 15) is 14.6 Å². The molecule has 6 heteroatoms. The summed E-state index contributed by atoms with van der Waals surface area (Å²) in [5.74, 6) is -0.235. The fraction of sp³-hybridized carbons (Fsp3) is 0.364. The lowest BCUT2D eigenvalue weighted by Gasteiger charge is -2.32. The molecule has 4 rings (SSSR count). The summed E-state index contributed by atoms with van der Waals surface area (Å²) in [5.41, 5.74) is 1.47. The maximum atomic E-state index is 14.4. The predicted octanol–water partition coefficient (Wildman–Crippen LogP) is 3.81. The zero-order valence-electron chi connectivity index (χ0n) is 15.7. The van der Waals surface area contributed by atoms with Crippen molar-refractivity contribution in [2.24, 2.45) is 0 Å². The van der Waals surface area contributed by atoms with E-state index in [1.54, 1.807) is 17.4 Å². The second-order valence-electron chi connectivity index (χ2n) is 6.83. The highest BCUT2D eigenvalue weighted by Gasteiger charge is 2.29. The first-order valence-corrected chi connectivity index (χ1v) is 10.1. The lowest BCUT2D eigenvalue weighted by atomic mass is 9.94. The van der Waals surface area contributed by atoms with E-state index < -0.39 is 6.10 Å². The summed E-state index contributed by atoms with van der Waals surface area (Å²) in [6.07, 6.45) is 0.213. The van der Waals surface area contributed by atoms with Gasteiger partial charge in [0, 0.05) is 35.9 Å². The summed E-state index contributed by atoms with van der Waals surface area (Å²) in [6, 6.07) is 15.3. The second kappa shape index (κ2) is 9.58. The molecule has 1 aromatic heterocycles. The summed E-state index contributed by atoms with van der Waals surface area (Å²) < 4.78 is 21.4. The summed E-state index contributed by atoms with van der Waals surface area (Å²) in [4.78, 5) is 1.11. The van der Waals surface area contributed by atoms with Gasteiger partial charge in [-0.2, -0.15) is 0 Å². The number of halogens is 1. The molecule has 4 nitrogen and oxygen atoms in total. The Kier molecular flexibility index (Phi) is 7.15. The van der Waals surface area contributed by atoms with Crippen LogP contribution in [0.25, 0.3) is 10.1 Å². The number of aliphatic hydroxyl groups is 3. The zero-order valence-corrected chi connectivity index (χ0v) is 16.5. The topological polar surface area (TPSA) is 69.9 Å². The van der Waals surface area contributed by atoms with Crippen molar-refractivity contribution in [1.29, 1.82) is 0 Å². The molecule has 2 aromatic carbocycles. The van der Waals surface area contributed by atoms with Crippen molar-refractivity contribution in [2.45, 2.75) is 37.6 Å². The minimum atomic E-state index is -0.512. The standard InChI is InChI=1S/C21H21FO3S.CH4O/c22-19-6-5-13(20-11-16(24)10-17(12-23)25-20)7-15(19)9-18-8-14-3-1-2-4-21(14)26-18;1-2/h1-8,16-17,20,23-24H,9-12H2;2H,1H3/t16-,17-,20+;/m0./s1. The molecule has 3 atom stereocenters. The fourth-order valence-corrected chi connectivity index (χ4v) is 4.65. The molecule has 1 fully saturated rings. The monoisotopic (exact) mass is 404 g/mol. The third-order valence-corrected chi connectivity index (χ3v) is 5.98. The van der Waals surface area contributed by atoms with E-state index in [1.807, 2.05) is 18.2 Å². The van der Waals surface area contributed by atoms with Crippen LogP contribution in [-0.4, -0.2) is 41.2 Å². The molecule has 1 saturated heterocycles. The largest absolute Gasteiger partial charge is 0.400 e. The Bertz CT molecular complexity index is 877. The number of thiophene rings is 1. The minimum Gasteiger partial charge on any atom is -0.400 e. The SMILES string of the molecule is CO.OC[C@@H]1C[C@H](O)C[C@H](c2ccc(F)c(Cc3cc4ccccc4s3)c2)O1. The van der Waals surface area contributed by atoms with Gasteiger partial charge < -0.3 is 20.1 Å². The Hall–Kier alpha value is -1.83. The van der Waals surface area contributed by atoms with Crippen LogP contribution in [0.5, 0.6) is 0 Å².